The Balaban J connectivity index is 1.45. The van der Waals surface area contributed by atoms with Gasteiger partial charge in [0.2, 0.25) is 5.82 Å². The SMILES string of the molecule is Cc1ncsc1C(=O)NC1CCN(c2nc3sccn3c2[N+](=O)[O-])CC1. The number of aryl methyl sites for hydroxylation is 1. The van der Waals surface area contributed by atoms with Gasteiger partial charge in [0.15, 0.2) is 0 Å². The van der Waals surface area contributed by atoms with Gasteiger partial charge in [-0.2, -0.15) is 9.38 Å². The number of hydrogen-bond donors (Lipinski definition) is 1. The third-order valence-electron chi connectivity index (χ3n) is 4.47. The van der Waals surface area contributed by atoms with Crippen LogP contribution in [0, 0.1) is 17.0 Å². The van der Waals surface area contributed by atoms with E-state index in [9.17, 15) is 14.9 Å². The Bertz CT molecular complexity index is 969. The number of rotatable bonds is 4. The van der Waals surface area contributed by atoms with Crippen molar-refractivity contribution in [3.8, 4) is 0 Å². The molecule has 3 aromatic heterocycles. The standard InChI is InChI=1S/C15H16N6O3S2/c1-9-11(26-8-16-9)13(22)17-10-2-4-19(5-3-10)12-14(21(23)24)20-6-7-25-15(20)18-12/h6-8,10H,2-5H2,1H3,(H,17,22). The topological polar surface area (TPSA) is 106 Å². The summed E-state index contributed by atoms with van der Waals surface area (Å²) in [5.41, 5.74) is 2.40. The van der Waals surface area contributed by atoms with Crippen molar-refractivity contribution in [1.82, 2.24) is 19.7 Å². The van der Waals surface area contributed by atoms with E-state index in [1.165, 1.54) is 27.1 Å². The minimum absolute atomic E-state index is 0.00372. The van der Waals surface area contributed by atoms with E-state index >= 15 is 0 Å². The number of fused-ring (bicyclic) bond motifs is 1. The van der Waals surface area contributed by atoms with Crippen LogP contribution in [0.4, 0.5) is 11.6 Å². The molecule has 0 radical (unpaired) electrons. The second-order valence-corrected chi connectivity index (χ2v) is 7.80. The molecule has 0 saturated carbocycles. The molecule has 0 aliphatic carbocycles. The van der Waals surface area contributed by atoms with Crippen molar-refractivity contribution >= 4 is 45.2 Å². The van der Waals surface area contributed by atoms with Crippen LogP contribution in [0.15, 0.2) is 17.1 Å². The van der Waals surface area contributed by atoms with Crippen molar-refractivity contribution in [2.24, 2.45) is 0 Å². The number of imidazole rings is 1. The Morgan fingerprint density at radius 1 is 1.38 bits per heavy atom. The van der Waals surface area contributed by atoms with Crippen LogP contribution in [0.2, 0.25) is 0 Å². The molecule has 9 nitrogen and oxygen atoms in total. The summed E-state index contributed by atoms with van der Waals surface area (Å²) in [5, 5.41) is 16.3. The Labute approximate surface area is 156 Å². The molecule has 1 aliphatic rings. The van der Waals surface area contributed by atoms with E-state index in [0.717, 1.165) is 5.69 Å². The summed E-state index contributed by atoms with van der Waals surface area (Å²) in [6.07, 6.45) is 3.09. The minimum Gasteiger partial charge on any atom is -0.358 e. The Hall–Kier alpha value is -2.53. The molecule has 1 aliphatic heterocycles. The third-order valence-corrected chi connectivity index (χ3v) is 6.16. The van der Waals surface area contributed by atoms with E-state index < -0.39 is 0 Å². The zero-order chi connectivity index (χ0) is 18.3. The summed E-state index contributed by atoms with van der Waals surface area (Å²) < 4.78 is 1.51. The van der Waals surface area contributed by atoms with Crippen LogP contribution in [-0.4, -0.2) is 44.3 Å². The molecule has 4 rings (SSSR count). The molecule has 0 atom stereocenters. The van der Waals surface area contributed by atoms with Gasteiger partial charge in [-0.05, 0) is 24.7 Å². The molecule has 4 heterocycles. The van der Waals surface area contributed by atoms with Gasteiger partial charge >= 0.3 is 5.82 Å². The van der Waals surface area contributed by atoms with E-state index in [-0.39, 0.29) is 22.7 Å². The molecule has 0 bridgehead atoms. The highest BCUT2D eigenvalue weighted by Gasteiger charge is 2.31. The smallest absolute Gasteiger partial charge is 0.358 e. The van der Waals surface area contributed by atoms with E-state index in [0.29, 0.717) is 41.6 Å². The van der Waals surface area contributed by atoms with E-state index in [4.69, 9.17) is 0 Å². The van der Waals surface area contributed by atoms with Crippen LogP contribution in [0.25, 0.3) is 4.96 Å². The molecular formula is C15H16N6O3S2. The molecule has 1 amide bonds. The molecule has 1 N–H and O–H groups in total. The van der Waals surface area contributed by atoms with Gasteiger partial charge in [-0.3, -0.25) is 4.79 Å². The average molecular weight is 392 g/mol. The molecular weight excluding hydrogens is 376 g/mol. The maximum atomic E-state index is 12.3. The van der Waals surface area contributed by atoms with Crippen LogP contribution in [0.1, 0.15) is 28.2 Å². The van der Waals surface area contributed by atoms with Crippen LogP contribution >= 0.6 is 22.7 Å². The fourth-order valence-electron chi connectivity index (χ4n) is 3.15. The van der Waals surface area contributed by atoms with E-state index in [1.807, 2.05) is 11.8 Å². The lowest BCUT2D eigenvalue weighted by Gasteiger charge is -2.32. The summed E-state index contributed by atoms with van der Waals surface area (Å²) in [4.78, 5) is 35.1. The first kappa shape index (κ1) is 16.9. The van der Waals surface area contributed by atoms with Crippen molar-refractivity contribution in [2.45, 2.75) is 25.8 Å². The average Bonchev–Trinajstić information content (AvgIpc) is 3.30. The lowest BCUT2D eigenvalue weighted by atomic mass is 10.0. The third kappa shape index (κ3) is 2.92. The molecule has 1 fully saturated rings. The van der Waals surface area contributed by atoms with Crippen LogP contribution < -0.4 is 10.2 Å². The number of piperidine rings is 1. The maximum Gasteiger partial charge on any atom is 0.373 e. The first-order valence-corrected chi connectivity index (χ1v) is 9.86. The number of carbonyl (C=O) groups excluding carboxylic acids is 1. The minimum atomic E-state index is -0.386. The first-order chi connectivity index (χ1) is 12.5. The van der Waals surface area contributed by atoms with Gasteiger partial charge in [0.05, 0.1) is 11.2 Å². The normalized spacial score (nSPS) is 15.5. The summed E-state index contributed by atoms with van der Waals surface area (Å²) in [6.45, 7) is 3.04. The first-order valence-electron chi connectivity index (χ1n) is 8.10. The van der Waals surface area contributed by atoms with Crippen molar-refractivity contribution in [3.05, 3.63) is 37.8 Å². The van der Waals surface area contributed by atoms with Crippen LogP contribution in [-0.2, 0) is 0 Å². The van der Waals surface area contributed by atoms with Crippen molar-refractivity contribution in [2.75, 3.05) is 18.0 Å². The lowest BCUT2D eigenvalue weighted by Crippen LogP contribution is -2.45. The highest BCUT2D eigenvalue weighted by molar-refractivity contribution is 7.15. The fraction of sp³-hybridized carbons (Fsp3) is 0.400. The number of anilines is 1. The zero-order valence-corrected chi connectivity index (χ0v) is 15.5. The Kier molecular flexibility index (Phi) is 4.32. The summed E-state index contributed by atoms with van der Waals surface area (Å²) in [5.74, 6) is 0.311. The molecule has 3 aromatic rings. The number of nitrogens with zero attached hydrogens (tertiary/aromatic N) is 5. The number of nitrogens with one attached hydrogen (secondary N) is 1. The van der Waals surface area contributed by atoms with Crippen molar-refractivity contribution < 1.29 is 9.72 Å². The predicted octanol–water partition coefficient (Wildman–Crippen LogP) is 2.47. The van der Waals surface area contributed by atoms with E-state index in [2.05, 4.69) is 15.3 Å². The molecule has 0 spiro atoms. The predicted molar refractivity (Wildman–Crippen MR) is 99.3 cm³/mol. The van der Waals surface area contributed by atoms with Gasteiger partial charge in [-0.1, -0.05) is 11.3 Å². The second-order valence-electron chi connectivity index (χ2n) is 6.07. The van der Waals surface area contributed by atoms with Crippen molar-refractivity contribution in [1.29, 1.82) is 0 Å². The summed E-state index contributed by atoms with van der Waals surface area (Å²) in [6, 6.07) is 0.0445. The molecule has 1 saturated heterocycles. The molecule has 26 heavy (non-hydrogen) atoms. The zero-order valence-electron chi connectivity index (χ0n) is 13.9. The monoisotopic (exact) mass is 392 g/mol. The number of nitro groups is 1. The van der Waals surface area contributed by atoms with Gasteiger partial charge in [0.1, 0.15) is 11.1 Å². The van der Waals surface area contributed by atoms with Gasteiger partial charge in [-0.25, -0.2) is 4.98 Å². The number of hydrogen-bond acceptors (Lipinski definition) is 8. The number of aromatic nitrogens is 3. The molecule has 11 heteroatoms. The van der Waals surface area contributed by atoms with Gasteiger partial charge in [0, 0.05) is 24.5 Å². The largest absolute Gasteiger partial charge is 0.373 e. The van der Waals surface area contributed by atoms with Gasteiger partial charge in [-0.15, -0.1) is 11.3 Å². The van der Waals surface area contributed by atoms with E-state index in [1.54, 1.807) is 17.1 Å². The molecule has 0 unspecified atom stereocenters. The van der Waals surface area contributed by atoms with Crippen LogP contribution in [0.5, 0.6) is 0 Å². The fourth-order valence-corrected chi connectivity index (χ4v) is 4.56. The highest BCUT2D eigenvalue weighted by Crippen LogP contribution is 2.32. The van der Waals surface area contributed by atoms with Crippen LogP contribution in [0.3, 0.4) is 0 Å². The van der Waals surface area contributed by atoms with Gasteiger partial charge < -0.3 is 20.3 Å². The van der Waals surface area contributed by atoms with Gasteiger partial charge in [0.25, 0.3) is 10.9 Å². The Morgan fingerprint density at radius 2 is 2.15 bits per heavy atom. The molecule has 0 aromatic carbocycles. The summed E-state index contributed by atoms with van der Waals surface area (Å²) in [7, 11) is 0. The summed E-state index contributed by atoms with van der Waals surface area (Å²) >= 11 is 2.70. The number of amides is 1. The number of thiazole rings is 2. The molecule has 136 valence electrons. The highest BCUT2D eigenvalue weighted by atomic mass is 32.1. The Morgan fingerprint density at radius 3 is 2.81 bits per heavy atom. The second kappa shape index (κ2) is 6.65. The lowest BCUT2D eigenvalue weighted by molar-refractivity contribution is -0.389. The maximum absolute atomic E-state index is 12.3. The number of carbonyl (C=O) groups is 1. The quantitative estimate of drug-likeness (QED) is 0.540. The van der Waals surface area contributed by atoms with Crippen molar-refractivity contribution in [3.63, 3.8) is 0 Å².